The predicted octanol–water partition coefficient (Wildman–Crippen LogP) is 4.85. The van der Waals surface area contributed by atoms with Crippen molar-refractivity contribution >= 4 is 0 Å². The Balaban J connectivity index is 2.01. The minimum Gasteiger partial charge on any atom is -0.493 e. The van der Waals surface area contributed by atoms with Crippen LogP contribution in [0.4, 0.5) is 0 Å². The van der Waals surface area contributed by atoms with E-state index in [1.165, 1.54) is 12.8 Å². The molecule has 0 aliphatic heterocycles. The van der Waals surface area contributed by atoms with Crippen molar-refractivity contribution in [2.75, 3.05) is 7.11 Å². The molecule has 0 saturated heterocycles. The normalized spacial score (nSPS) is 12.0. The van der Waals surface area contributed by atoms with Crippen LogP contribution in [0, 0.1) is 0 Å². The van der Waals surface area contributed by atoms with Crippen LogP contribution in [0.1, 0.15) is 49.8 Å². The number of benzene rings is 2. The summed E-state index contributed by atoms with van der Waals surface area (Å²) in [6.45, 7) is 2.73. The largest absolute Gasteiger partial charge is 0.493 e. The Morgan fingerprint density at radius 3 is 2.48 bits per heavy atom. The van der Waals surface area contributed by atoms with Crippen LogP contribution < -0.4 is 15.2 Å². The zero-order valence-electron chi connectivity index (χ0n) is 14.1. The van der Waals surface area contributed by atoms with Gasteiger partial charge in [0, 0.05) is 6.04 Å². The predicted molar refractivity (Wildman–Crippen MR) is 94.8 cm³/mol. The molecule has 0 unspecified atom stereocenters. The molecule has 0 spiro atoms. The second-order valence-electron chi connectivity index (χ2n) is 5.79. The van der Waals surface area contributed by atoms with Gasteiger partial charge >= 0.3 is 0 Å². The van der Waals surface area contributed by atoms with Crippen LogP contribution in [-0.4, -0.2) is 7.11 Å². The van der Waals surface area contributed by atoms with Gasteiger partial charge in [-0.2, -0.15) is 0 Å². The average Bonchev–Trinajstić information content (AvgIpc) is 2.60. The van der Waals surface area contributed by atoms with Crippen molar-refractivity contribution in [1.29, 1.82) is 0 Å². The summed E-state index contributed by atoms with van der Waals surface area (Å²) in [5.41, 5.74) is 8.51. The van der Waals surface area contributed by atoms with Crippen LogP contribution in [0.3, 0.4) is 0 Å². The van der Waals surface area contributed by atoms with Gasteiger partial charge in [-0.15, -0.1) is 0 Å². The Hall–Kier alpha value is -2.00. The SMILES string of the molecule is CCCCC[C@H](N)c1ccc(OCc2ccccc2)c(OC)c1. The number of hydrogen-bond acceptors (Lipinski definition) is 3. The van der Waals surface area contributed by atoms with E-state index in [1.54, 1.807) is 7.11 Å². The molecule has 2 aromatic rings. The number of nitrogens with two attached hydrogens (primary N) is 1. The topological polar surface area (TPSA) is 44.5 Å². The van der Waals surface area contributed by atoms with Crippen molar-refractivity contribution in [2.24, 2.45) is 5.73 Å². The molecule has 124 valence electrons. The first-order chi connectivity index (χ1) is 11.2. The lowest BCUT2D eigenvalue weighted by Gasteiger charge is -2.16. The van der Waals surface area contributed by atoms with Crippen LogP contribution in [0.15, 0.2) is 48.5 Å². The van der Waals surface area contributed by atoms with E-state index in [9.17, 15) is 0 Å². The lowest BCUT2D eigenvalue weighted by atomic mass is 10.0. The zero-order chi connectivity index (χ0) is 16.5. The van der Waals surface area contributed by atoms with Gasteiger partial charge < -0.3 is 15.2 Å². The van der Waals surface area contributed by atoms with Gasteiger partial charge in [-0.25, -0.2) is 0 Å². The van der Waals surface area contributed by atoms with Crippen LogP contribution in [-0.2, 0) is 6.61 Å². The maximum atomic E-state index is 6.28. The van der Waals surface area contributed by atoms with E-state index in [0.29, 0.717) is 6.61 Å². The van der Waals surface area contributed by atoms with Gasteiger partial charge in [0.1, 0.15) is 6.61 Å². The Bertz CT molecular complexity index is 583. The summed E-state index contributed by atoms with van der Waals surface area (Å²) in [6.07, 6.45) is 4.60. The molecule has 3 nitrogen and oxygen atoms in total. The molecule has 0 aliphatic rings. The first-order valence-electron chi connectivity index (χ1n) is 8.34. The number of hydrogen-bond donors (Lipinski definition) is 1. The summed E-state index contributed by atoms with van der Waals surface area (Å²) < 4.78 is 11.4. The molecule has 0 amide bonds. The molecule has 2 rings (SSSR count). The van der Waals surface area contributed by atoms with Gasteiger partial charge in [-0.1, -0.05) is 62.6 Å². The van der Waals surface area contributed by atoms with Crippen molar-refractivity contribution in [2.45, 2.75) is 45.3 Å². The fourth-order valence-electron chi connectivity index (χ4n) is 2.55. The third-order valence-electron chi connectivity index (χ3n) is 3.97. The smallest absolute Gasteiger partial charge is 0.161 e. The Morgan fingerprint density at radius 2 is 1.78 bits per heavy atom. The van der Waals surface area contributed by atoms with Gasteiger partial charge in [-0.3, -0.25) is 0 Å². The highest BCUT2D eigenvalue weighted by Crippen LogP contribution is 2.31. The van der Waals surface area contributed by atoms with Crippen molar-refractivity contribution in [1.82, 2.24) is 0 Å². The lowest BCUT2D eigenvalue weighted by Crippen LogP contribution is -2.10. The van der Waals surface area contributed by atoms with Gasteiger partial charge in [0.2, 0.25) is 0 Å². The zero-order valence-corrected chi connectivity index (χ0v) is 14.1. The number of methoxy groups -OCH3 is 1. The maximum absolute atomic E-state index is 6.28. The third-order valence-corrected chi connectivity index (χ3v) is 3.97. The third kappa shape index (κ3) is 5.29. The fourth-order valence-corrected chi connectivity index (χ4v) is 2.55. The second-order valence-corrected chi connectivity index (χ2v) is 5.79. The monoisotopic (exact) mass is 313 g/mol. The van der Waals surface area contributed by atoms with Crippen molar-refractivity contribution in [3.05, 3.63) is 59.7 Å². The number of ether oxygens (including phenoxy) is 2. The van der Waals surface area contributed by atoms with Crippen LogP contribution >= 0.6 is 0 Å². The lowest BCUT2D eigenvalue weighted by molar-refractivity contribution is 0.284. The summed E-state index contributed by atoms with van der Waals surface area (Å²) >= 11 is 0. The minimum absolute atomic E-state index is 0.0543. The molecule has 0 aromatic heterocycles. The molecular weight excluding hydrogens is 286 g/mol. The van der Waals surface area contributed by atoms with E-state index < -0.39 is 0 Å². The summed E-state index contributed by atoms with van der Waals surface area (Å²) in [4.78, 5) is 0. The van der Waals surface area contributed by atoms with Crippen molar-refractivity contribution in [3.8, 4) is 11.5 Å². The first kappa shape index (κ1) is 17.4. The molecule has 0 bridgehead atoms. The van der Waals surface area contributed by atoms with Gasteiger partial charge in [0.05, 0.1) is 7.11 Å². The molecule has 0 fully saturated rings. The summed E-state index contributed by atoms with van der Waals surface area (Å²) in [6, 6.07) is 16.2. The maximum Gasteiger partial charge on any atom is 0.161 e. The Labute approximate surface area is 139 Å². The molecule has 0 radical (unpaired) electrons. The highest BCUT2D eigenvalue weighted by Gasteiger charge is 2.11. The van der Waals surface area contributed by atoms with Crippen molar-refractivity contribution < 1.29 is 9.47 Å². The molecule has 0 saturated carbocycles. The summed E-state index contributed by atoms with van der Waals surface area (Å²) in [5.74, 6) is 1.49. The molecule has 2 aromatic carbocycles. The van der Waals surface area contributed by atoms with E-state index in [0.717, 1.165) is 35.5 Å². The van der Waals surface area contributed by atoms with Crippen LogP contribution in [0.25, 0.3) is 0 Å². The molecule has 0 aliphatic carbocycles. The van der Waals surface area contributed by atoms with Crippen LogP contribution in [0.2, 0.25) is 0 Å². The minimum atomic E-state index is 0.0543. The first-order valence-corrected chi connectivity index (χ1v) is 8.34. The highest BCUT2D eigenvalue weighted by molar-refractivity contribution is 5.44. The molecule has 1 atom stereocenters. The molecule has 0 heterocycles. The molecular formula is C20H27NO2. The second kappa shape index (κ2) is 9.21. The van der Waals surface area contributed by atoms with Crippen molar-refractivity contribution in [3.63, 3.8) is 0 Å². The van der Waals surface area contributed by atoms with E-state index in [1.807, 2.05) is 48.5 Å². The quantitative estimate of drug-likeness (QED) is 0.673. The average molecular weight is 313 g/mol. The fraction of sp³-hybridized carbons (Fsp3) is 0.400. The van der Waals surface area contributed by atoms with Gasteiger partial charge in [0.15, 0.2) is 11.5 Å². The summed E-state index contributed by atoms with van der Waals surface area (Å²) in [7, 11) is 1.66. The number of rotatable bonds is 9. The van der Waals surface area contributed by atoms with Gasteiger partial charge in [-0.05, 0) is 29.7 Å². The van der Waals surface area contributed by atoms with Crippen LogP contribution in [0.5, 0.6) is 11.5 Å². The van der Waals surface area contributed by atoms with E-state index in [2.05, 4.69) is 6.92 Å². The standard InChI is InChI=1S/C20H27NO2/c1-3-4-6-11-18(21)17-12-13-19(20(14-17)22-2)23-15-16-9-7-5-8-10-16/h5,7-10,12-14,18H,3-4,6,11,15,21H2,1-2H3/t18-/m0/s1. The Morgan fingerprint density at radius 1 is 1.00 bits per heavy atom. The molecule has 3 heteroatoms. The summed E-state index contributed by atoms with van der Waals surface area (Å²) in [5, 5.41) is 0. The van der Waals surface area contributed by atoms with E-state index in [-0.39, 0.29) is 6.04 Å². The van der Waals surface area contributed by atoms with E-state index in [4.69, 9.17) is 15.2 Å². The molecule has 23 heavy (non-hydrogen) atoms. The highest BCUT2D eigenvalue weighted by atomic mass is 16.5. The molecule has 2 N–H and O–H groups in total. The number of unbranched alkanes of at least 4 members (excludes halogenated alkanes) is 2. The van der Waals surface area contributed by atoms with E-state index >= 15 is 0 Å². The Kier molecular flexibility index (Phi) is 6.95. The van der Waals surface area contributed by atoms with Gasteiger partial charge in [0.25, 0.3) is 0 Å².